The lowest BCUT2D eigenvalue weighted by molar-refractivity contribution is -0.160. The summed E-state index contributed by atoms with van der Waals surface area (Å²) in [7, 11) is 2.74. The molecule has 0 saturated heterocycles. The number of nitrogens with zero attached hydrogens (tertiary/aromatic N) is 2. The number of allylic oxidation sites excluding steroid dienone is 3. The highest BCUT2D eigenvalue weighted by Gasteiger charge is 2.52. The number of fused-ring (bicyclic) bond motifs is 4. The number of aromatic nitrogens is 2. The maximum atomic E-state index is 13.4. The molecule has 1 saturated carbocycles. The van der Waals surface area contributed by atoms with Gasteiger partial charge in [0.1, 0.15) is 5.82 Å². The van der Waals surface area contributed by atoms with Crippen LogP contribution >= 0.6 is 0 Å². The van der Waals surface area contributed by atoms with E-state index in [1.165, 1.54) is 37.5 Å². The lowest BCUT2D eigenvalue weighted by Crippen LogP contribution is -2.46. The summed E-state index contributed by atoms with van der Waals surface area (Å²) in [4.78, 5) is 25.2. The Morgan fingerprint density at radius 2 is 1.88 bits per heavy atom. The van der Waals surface area contributed by atoms with E-state index >= 15 is 0 Å². The average Bonchev–Trinajstić information content (AvgIpc) is 3.23. The summed E-state index contributed by atoms with van der Waals surface area (Å²) in [5.41, 5.74) is 5.19. The third-order valence-corrected chi connectivity index (χ3v) is 7.72. The Kier molecular flexibility index (Phi) is 5.22. The van der Waals surface area contributed by atoms with Crippen LogP contribution in [-0.2, 0) is 25.5 Å². The first-order valence-electron chi connectivity index (χ1n) is 11.3. The second-order valence-electron chi connectivity index (χ2n) is 9.34. The minimum atomic E-state index is -0.538. The molecule has 1 aromatic heterocycles. The highest BCUT2D eigenvalue weighted by Crippen LogP contribution is 2.57. The molecular formula is C26H27FN2O4. The molecule has 0 N–H and O–H groups in total. The van der Waals surface area contributed by atoms with E-state index in [1.807, 2.05) is 10.9 Å². The Hall–Kier alpha value is -3.22. The van der Waals surface area contributed by atoms with E-state index in [-0.39, 0.29) is 29.1 Å². The van der Waals surface area contributed by atoms with Gasteiger partial charge in [-0.1, -0.05) is 24.1 Å². The van der Waals surface area contributed by atoms with Gasteiger partial charge >= 0.3 is 11.9 Å². The van der Waals surface area contributed by atoms with Gasteiger partial charge in [0.15, 0.2) is 0 Å². The first-order valence-corrected chi connectivity index (χ1v) is 11.3. The fourth-order valence-electron chi connectivity index (χ4n) is 6.09. The molecule has 2 aromatic rings. The highest BCUT2D eigenvalue weighted by atomic mass is 19.1. The molecule has 0 amide bonds. The normalized spacial score (nSPS) is 27.9. The summed E-state index contributed by atoms with van der Waals surface area (Å²) in [5.74, 6) is -2.11. The van der Waals surface area contributed by atoms with Gasteiger partial charge in [-0.05, 0) is 67.5 Å². The first kappa shape index (κ1) is 21.6. The van der Waals surface area contributed by atoms with Crippen LogP contribution in [0.3, 0.4) is 0 Å². The number of carbonyl (C=O) groups is 2. The Bertz CT molecular complexity index is 1180. The largest absolute Gasteiger partial charge is 0.469 e. The van der Waals surface area contributed by atoms with E-state index in [9.17, 15) is 14.0 Å². The number of halogens is 1. The van der Waals surface area contributed by atoms with Gasteiger partial charge in [0, 0.05) is 5.41 Å². The quantitative estimate of drug-likeness (QED) is 0.516. The Labute approximate surface area is 192 Å². The Morgan fingerprint density at radius 3 is 2.58 bits per heavy atom. The molecule has 1 heterocycles. The number of methoxy groups -OCH3 is 2. The molecule has 1 aromatic carbocycles. The fourth-order valence-corrected chi connectivity index (χ4v) is 6.09. The first-order chi connectivity index (χ1) is 15.9. The lowest BCUT2D eigenvalue weighted by Gasteiger charge is -2.49. The van der Waals surface area contributed by atoms with E-state index in [1.54, 1.807) is 12.1 Å². The Balaban J connectivity index is 1.54. The van der Waals surface area contributed by atoms with Crippen LogP contribution in [0.2, 0.25) is 0 Å². The van der Waals surface area contributed by atoms with Crippen molar-refractivity contribution in [3.8, 4) is 5.69 Å². The van der Waals surface area contributed by atoms with Crippen molar-refractivity contribution in [1.82, 2.24) is 9.78 Å². The molecule has 0 unspecified atom stereocenters. The van der Waals surface area contributed by atoms with Crippen LogP contribution in [0.5, 0.6) is 0 Å². The van der Waals surface area contributed by atoms with Crippen molar-refractivity contribution in [3.05, 3.63) is 64.8 Å². The number of benzene rings is 1. The summed E-state index contributed by atoms with van der Waals surface area (Å²) in [5, 5.41) is 4.59. The van der Waals surface area contributed by atoms with Gasteiger partial charge in [-0.25, -0.2) is 9.07 Å². The van der Waals surface area contributed by atoms with Gasteiger partial charge in [-0.3, -0.25) is 9.59 Å². The van der Waals surface area contributed by atoms with Crippen molar-refractivity contribution in [1.29, 1.82) is 0 Å². The van der Waals surface area contributed by atoms with E-state index < -0.39 is 11.8 Å². The SMILES string of the molecule is COC(=O)[C@@H]1[C@@H]2CCC3=Cc4c(cnn4-c4ccc(F)cc4)C[C@]3(C)C2=CC[C@H]1C(=O)OC. The zero-order valence-corrected chi connectivity index (χ0v) is 19.0. The second kappa shape index (κ2) is 7.97. The summed E-state index contributed by atoms with van der Waals surface area (Å²) in [6.07, 6.45) is 9.02. The zero-order chi connectivity index (χ0) is 23.3. The third kappa shape index (κ3) is 3.33. The molecule has 3 aliphatic carbocycles. The van der Waals surface area contributed by atoms with Gasteiger partial charge in [-0.15, -0.1) is 0 Å². The van der Waals surface area contributed by atoms with Crippen LogP contribution in [0, 0.1) is 29.0 Å². The van der Waals surface area contributed by atoms with Gasteiger partial charge in [-0.2, -0.15) is 5.10 Å². The molecule has 6 nitrogen and oxygen atoms in total. The number of carbonyl (C=O) groups excluding carboxylic acids is 2. The van der Waals surface area contributed by atoms with Crippen molar-refractivity contribution in [3.63, 3.8) is 0 Å². The smallest absolute Gasteiger partial charge is 0.310 e. The Morgan fingerprint density at radius 1 is 1.15 bits per heavy atom. The molecule has 172 valence electrons. The predicted molar refractivity (Wildman–Crippen MR) is 120 cm³/mol. The van der Waals surface area contributed by atoms with Crippen LogP contribution in [0.1, 0.15) is 37.4 Å². The molecule has 5 rings (SSSR count). The summed E-state index contributed by atoms with van der Waals surface area (Å²) >= 11 is 0. The van der Waals surface area contributed by atoms with Crippen molar-refractivity contribution < 1.29 is 23.5 Å². The highest BCUT2D eigenvalue weighted by molar-refractivity contribution is 5.83. The van der Waals surface area contributed by atoms with E-state index in [4.69, 9.17) is 9.47 Å². The molecule has 33 heavy (non-hydrogen) atoms. The number of hydrogen-bond acceptors (Lipinski definition) is 5. The number of esters is 2. The van der Waals surface area contributed by atoms with Crippen LogP contribution in [-0.4, -0.2) is 35.9 Å². The predicted octanol–water partition coefficient (Wildman–Crippen LogP) is 4.28. The van der Waals surface area contributed by atoms with Gasteiger partial charge < -0.3 is 9.47 Å². The summed E-state index contributed by atoms with van der Waals surface area (Å²) in [6, 6.07) is 6.32. The van der Waals surface area contributed by atoms with E-state index in [0.29, 0.717) is 6.42 Å². The van der Waals surface area contributed by atoms with E-state index in [2.05, 4.69) is 24.2 Å². The molecule has 0 bridgehead atoms. The maximum Gasteiger partial charge on any atom is 0.310 e. The van der Waals surface area contributed by atoms with Gasteiger partial charge in [0.25, 0.3) is 0 Å². The number of hydrogen-bond donors (Lipinski definition) is 0. The number of ether oxygens (including phenoxy) is 2. The molecular weight excluding hydrogens is 423 g/mol. The summed E-state index contributed by atoms with van der Waals surface area (Å²) in [6.45, 7) is 2.22. The average molecular weight is 451 g/mol. The number of rotatable bonds is 3. The van der Waals surface area contributed by atoms with Crippen molar-refractivity contribution in [2.45, 2.75) is 32.6 Å². The van der Waals surface area contributed by atoms with E-state index in [0.717, 1.165) is 36.2 Å². The second-order valence-corrected chi connectivity index (χ2v) is 9.34. The van der Waals surface area contributed by atoms with Crippen molar-refractivity contribution in [2.24, 2.45) is 23.2 Å². The fraction of sp³-hybridized carbons (Fsp3) is 0.423. The van der Waals surface area contributed by atoms with Crippen LogP contribution in [0.25, 0.3) is 11.8 Å². The maximum absolute atomic E-state index is 13.4. The van der Waals surface area contributed by atoms with Gasteiger partial charge in [0.05, 0.1) is 43.6 Å². The molecule has 7 heteroatoms. The zero-order valence-electron chi connectivity index (χ0n) is 19.0. The molecule has 1 fully saturated rings. The standard InChI is InChI=1S/C26H27FN2O4/c1-26-13-15-14-28-29(18-7-5-17(27)6-8-18)22(15)12-16(26)4-9-19-21(26)11-10-20(24(30)32-2)23(19)25(31)33-3/h5-8,11-12,14,19-20,23H,4,9-10,13H2,1-3H3/t19-,20-,23-,26+/m1/s1. The van der Waals surface area contributed by atoms with Crippen LogP contribution < -0.4 is 0 Å². The van der Waals surface area contributed by atoms with Gasteiger partial charge in [0.2, 0.25) is 0 Å². The lowest BCUT2D eigenvalue weighted by atomic mass is 9.54. The molecule has 0 aliphatic heterocycles. The van der Waals surface area contributed by atoms with Crippen LogP contribution in [0.4, 0.5) is 4.39 Å². The topological polar surface area (TPSA) is 70.4 Å². The molecule has 0 radical (unpaired) electrons. The van der Waals surface area contributed by atoms with Crippen molar-refractivity contribution in [2.75, 3.05) is 14.2 Å². The minimum Gasteiger partial charge on any atom is -0.469 e. The van der Waals surface area contributed by atoms with Crippen LogP contribution in [0.15, 0.2) is 47.7 Å². The molecule has 0 spiro atoms. The van der Waals surface area contributed by atoms with Crippen molar-refractivity contribution >= 4 is 18.0 Å². The monoisotopic (exact) mass is 450 g/mol. The molecule has 3 aliphatic rings. The third-order valence-electron chi connectivity index (χ3n) is 7.72. The summed E-state index contributed by atoms with van der Waals surface area (Å²) < 4.78 is 25.4. The minimum absolute atomic E-state index is 0.0638. The molecule has 4 atom stereocenters.